The predicted molar refractivity (Wildman–Crippen MR) is 132 cm³/mol. The third-order valence-electron chi connectivity index (χ3n) is 6.14. The monoisotopic (exact) mass is 516 g/mol. The highest BCUT2D eigenvalue weighted by Crippen LogP contribution is 2.26. The first-order chi connectivity index (χ1) is 15.9. The number of benzene rings is 2. The van der Waals surface area contributed by atoms with Crippen LogP contribution in [-0.2, 0) is 22.6 Å². The van der Waals surface area contributed by atoms with Gasteiger partial charge in [-0.1, -0.05) is 38.0 Å². The number of nitrogens with zero attached hydrogens (tertiary/aromatic N) is 1. The van der Waals surface area contributed by atoms with Crippen molar-refractivity contribution in [2.75, 3.05) is 13.7 Å². The average molecular weight is 517 g/mol. The van der Waals surface area contributed by atoms with E-state index in [1.54, 1.807) is 18.9 Å². The molecule has 0 spiro atoms. The normalized spacial score (nSPS) is 14.5. The summed E-state index contributed by atoms with van der Waals surface area (Å²) in [5.41, 5.74) is 2.09. The van der Waals surface area contributed by atoms with Crippen LogP contribution in [0.5, 0.6) is 11.5 Å². The summed E-state index contributed by atoms with van der Waals surface area (Å²) in [7, 11) is 1.61. The van der Waals surface area contributed by atoms with Crippen molar-refractivity contribution in [2.24, 2.45) is 0 Å². The van der Waals surface area contributed by atoms with Gasteiger partial charge in [0.2, 0.25) is 5.91 Å². The number of hydrogen-bond acceptors (Lipinski definition) is 4. The zero-order valence-electron chi connectivity index (χ0n) is 19.6. The molecule has 178 valence electrons. The number of carbonyl (C=O) groups excluding carboxylic acids is 2. The highest BCUT2D eigenvalue weighted by molar-refractivity contribution is 9.10. The molecule has 2 aromatic rings. The number of amides is 2. The molecule has 1 aliphatic rings. The summed E-state index contributed by atoms with van der Waals surface area (Å²) >= 11 is 3.52. The van der Waals surface area contributed by atoms with E-state index in [4.69, 9.17) is 9.47 Å². The molecule has 2 amide bonds. The summed E-state index contributed by atoms with van der Waals surface area (Å²) < 4.78 is 11.9. The minimum Gasteiger partial charge on any atom is -0.497 e. The Morgan fingerprint density at radius 1 is 1.12 bits per heavy atom. The van der Waals surface area contributed by atoms with Gasteiger partial charge in [0, 0.05) is 12.6 Å². The molecule has 1 saturated carbocycles. The van der Waals surface area contributed by atoms with Crippen LogP contribution in [0.15, 0.2) is 46.9 Å². The summed E-state index contributed by atoms with van der Waals surface area (Å²) in [5, 5.41) is 3.11. The summed E-state index contributed by atoms with van der Waals surface area (Å²) in [6, 6.07) is 12.9. The summed E-state index contributed by atoms with van der Waals surface area (Å²) in [5.74, 6) is 0.976. The van der Waals surface area contributed by atoms with Gasteiger partial charge in [-0.15, -0.1) is 0 Å². The van der Waals surface area contributed by atoms with Crippen molar-refractivity contribution in [1.82, 2.24) is 10.2 Å². The van der Waals surface area contributed by atoms with E-state index < -0.39 is 6.04 Å². The molecule has 2 aromatic carbocycles. The number of aryl methyl sites for hydroxylation is 1. The highest BCUT2D eigenvalue weighted by Gasteiger charge is 2.28. The molecule has 6 nitrogen and oxygen atoms in total. The lowest BCUT2D eigenvalue weighted by Gasteiger charge is -2.29. The van der Waals surface area contributed by atoms with E-state index in [9.17, 15) is 9.59 Å². The first-order valence-corrected chi connectivity index (χ1v) is 12.3. The number of ether oxygens (including phenoxy) is 2. The highest BCUT2D eigenvalue weighted by atomic mass is 79.9. The van der Waals surface area contributed by atoms with Gasteiger partial charge in [0.15, 0.2) is 6.61 Å². The topological polar surface area (TPSA) is 67.9 Å². The molecule has 33 heavy (non-hydrogen) atoms. The van der Waals surface area contributed by atoms with E-state index in [2.05, 4.69) is 28.2 Å². The molecule has 1 aliphatic carbocycles. The quantitative estimate of drug-likeness (QED) is 0.488. The van der Waals surface area contributed by atoms with Crippen LogP contribution in [0.25, 0.3) is 0 Å². The zero-order valence-corrected chi connectivity index (χ0v) is 21.2. The summed E-state index contributed by atoms with van der Waals surface area (Å²) in [6.07, 6.45) is 5.17. The minimum atomic E-state index is -0.616. The second kappa shape index (κ2) is 12.1. The molecule has 7 heteroatoms. The van der Waals surface area contributed by atoms with Crippen LogP contribution in [0.4, 0.5) is 0 Å². The van der Waals surface area contributed by atoms with Crippen LogP contribution in [-0.4, -0.2) is 42.5 Å². The van der Waals surface area contributed by atoms with Crippen LogP contribution in [0.1, 0.15) is 50.7 Å². The summed E-state index contributed by atoms with van der Waals surface area (Å²) in [6.45, 7) is 4.02. The Kier molecular flexibility index (Phi) is 9.18. The van der Waals surface area contributed by atoms with E-state index in [-0.39, 0.29) is 24.5 Å². The summed E-state index contributed by atoms with van der Waals surface area (Å²) in [4.78, 5) is 27.8. The minimum absolute atomic E-state index is 0.128. The Labute approximate surface area is 204 Å². The van der Waals surface area contributed by atoms with E-state index in [0.29, 0.717) is 12.3 Å². The zero-order chi connectivity index (χ0) is 23.8. The van der Waals surface area contributed by atoms with Gasteiger partial charge in [-0.25, -0.2) is 0 Å². The SMILES string of the molecule is CCc1ccc(OCC(=O)N(Cc2ccc(OC)cc2)[C@H](C)C(=O)NC2CCCC2)c(Br)c1. The average Bonchev–Trinajstić information content (AvgIpc) is 3.34. The number of hydrogen-bond donors (Lipinski definition) is 1. The largest absolute Gasteiger partial charge is 0.497 e. The van der Waals surface area contributed by atoms with Crippen LogP contribution < -0.4 is 14.8 Å². The maximum Gasteiger partial charge on any atom is 0.261 e. The third-order valence-corrected chi connectivity index (χ3v) is 6.76. The standard InChI is InChI=1S/C26H33BrN2O4/c1-4-19-11-14-24(23(27)15-19)33-17-25(30)29(16-20-9-12-22(32-3)13-10-20)18(2)26(31)28-21-7-5-6-8-21/h9-15,18,21H,4-8,16-17H2,1-3H3,(H,28,31)/t18-/m1/s1. The fourth-order valence-corrected chi connectivity index (χ4v) is 4.55. The van der Waals surface area contributed by atoms with Gasteiger partial charge in [0.1, 0.15) is 17.5 Å². The van der Waals surface area contributed by atoms with Gasteiger partial charge < -0.3 is 19.7 Å². The van der Waals surface area contributed by atoms with Gasteiger partial charge in [-0.3, -0.25) is 9.59 Å². The van der Waals surface area contributed by atoms with Gasteiger partial charge in [-0.05, 0) is 77.5 Å². The van der Waals surface area contributed by atoms with Crippen LogP contribution in [0.2, 0.25) is 0 Å². The molecule has 0 heterocycles. The molecule has 1 atom stereocenters. The van der Waals surface area contributed by atoms with E-state index >= 15 is 0 Å². The van der Waals surface area contributed by atoms with Crippen molar-refractivity contribution in [3.05, 3.63) is 58.1 Å². The van der Waals surface area contributed by atoms with E-state index in [0.717, 1.165) is 47.9 Å². The number of rotatable bonds is 10. The van der Waals surface area contributed by atoms with Crippen LogP contribution in [0, 0.1) is 0 Å². The maximum atomic E-state index is 13.2. The molecule has 0 saturated heterocycles. The Bertz CT molecular complexity index is 942. The second-order valence-electron chi connectivity index (χ2n) is 8.44. The van der Waals surface area contributed by atoms with Crippen LogP contribution in [0.3, 0.4) is 0 Å². The Morgan fingerprint density at radius 3 is 2.39 bits per heavy atom. The first-order valence-electron chi connectivity index (χ1n) is 11.5. The molecule has 0 aromatic heterocycles. The Morgan fingerprint density at radius 2 is 1.79 bits per heavy atom. The Hall–Kier alpha value is -2.54. The van der Waals surface area contributed by atoms with Gasteiger partial charge in [0.05, 0.1) is 11.6 Å². The number of halogens is 1. The fraction of sp³-hybridized carbons (Fsp3) is 0.462. The van der Waals surface area contributed by atoms with Crippen molar-refractivity contribution >= 4 is 27.7 Å². The van der Waals surface area contributed by atoms with Gasteiger partial charge in [0.25, 0.3) is 5.91 Å². The second-order valence-corrected chi connectivity index (χ2v) is 9.30. The fourth-order valence-electron chi connectivity index (χ4n) is 4.01. The van der Waals surface area contributed by atoms with Crippen molar-refractivity contribution in [3.8, 4) is 11.5 Å². The first kappa shape index (κ1) is 25.1. The lowest BCUT2D eigenvalue weighted by molar-refractivity contribution is -0.142. The number of carbonyl (C=O) groups is 2. The van der Waals surface area contributed by atoms with Crippen molar-refractivity contribution in [1.29, 1.82) is 0 Å². The molecular weight excluding hydrogens is 484 g/mol. The van der Waals surface area contributed by atoms with Crippen LogP contribution >= 0.6 is 15.9 Å². The molecule has 1 N–H and O–H groups in total. The molecule has 1 fully saturated rings. The predicted octanol–water partition coefficient (Wildman–Crippen LogP) is 4.88. The lowest BCUT2D eigenvalue weighted by atomic mass is 10.1. The Balaban J connectivity index is 1.72. The third kappa shape index (κ3) is 6.97. The van der Waals surface area contributed by atoms with Gasteiger partial charge in [-0.2, -0.15) is 0 Å². The smallest absolute Gasteiger partial charge is 0.261 e. The van der Waals surface area contributed by atoms with Crippen molar-refractivity contribution < 1.29 is 19.1 Å². The molecule has 0 bridgehead atoms. The van der Waals surface area contributed by atoms with E-state index in [1.807, 2.05) is 42.5 Å². The maximum absolute atomic E-state index is 13.2. The molecule has 0 unspecified atom stereocenters. The van der Waals surface area contributed by atoms with Gasteiger partial charge >= 0.3 is 0 Å². The molecule has 0 radical (unpaired) electrons. The van der Waals surface area contributed by atoms with Crippen molar-refractivity contribution in [3.63, 3.8) is 0 Å². The molecule has 0 aliphatic heterocycles. The van der Waals surface area contributed by atoms with E-state index in [1.165, 1.54) is 5.56 Å². The molecule has 3 rings (SSSR count). The number of nitrogens with one attached hydrogen (secondary N) is 1. The lowest BCUT2D eigenvalue weighted by Crippen LogP contribution is -2.50. The molecular formula is C26H33BrN2O4. The number of methoxy groups -OCH3 is 1. The van der Waals surface area contributed by atoms with Crippen molar-refractivity contribution in [2.45, 2.75) is 64.6 Å².